The van der Waals surface area contributed by atoms with Crippen molar-refractivity contribution < 1.29 is 9.84 Å². The SMILES string of the molecule is COc1ccc(C#CCCN=[N+]=[N-])c(O)c1. The molecule has 16 heavy (non-hydrogen) atoms. The number of aromatic hydroxyl groups is 1. The van der Waals surface area contributed by atoms with Crippen molar-refractivity contribution in [2.75, 3.05) is 13.7 Å². The minimum Gasteiger partial charge on any atom is -0.507 e. The van der Waals surface area contributed by atoms with Crippen LogP contribution in [0.5, 0.6) is 11.5 Å². The van der Waals surface area contributed by atoms with E-state index in [-0.39, 0.29) is 5.75 Å². The van der Waals surface area contributed by atoms with E-state index in [2.05, 4.69) is 21.9 Å². The quantitative estimate of drug-likeness (QED) is 0.277. The molecule has 5 nitrogen and oxygen atoms in total. The van der Waals surface area contributed by atoms with E-state index < -0.39 is 0 Å². The molecule has 1 rings (SSSR count). The summed E-state index contributed by atoms with van der Waals surface area (Å²) in [6.45, 7) is 0.334. The summed E-state index contributed by atoms with van der Waals surface area (Å²) in [5, 5.41) is 12.9. The molecule has 0 amide bonds. The third-order valence-electron chi connectivity index (χ3n) is 1.83. The molecule has 0 atom stereocenters. The fourth-order valence-electron chi connectivity index (χ4n) is 1.05. The zero-order valence-electron chi connectivity index (χ0n) is 8.84. The highest BCUT2D eigenvalue weighted by molar-refractivity contribution is 5.48. The van der Waals surface area contributed by atoms with Crippen LogP contribution in [-0.4, -0.2) is 18.8 Å². The van der Waals surface area contributed by atoms with E-state index >= 15 is 0 Å². The number of nitrogens with zero attached hydrogens (tertiary/aromatic N) is 3. The number of phenolic OH excluding ortho intramolecular Hbond substituents is 1. The third kappa shape index (κ3) is 3.45. The molecule has 5 heteroatoms. The average molecular weight is 217 g/mol. The number of hydrogen-bond donors (Lipinski definition) is 1. The Morgan fingerprint density at radius 3 is 3.00 bits per heavy atom. The molecule has 0 aliphatic carbocycles. The summed E-state index contributed by atoms with van der Waals surface area (Å²) in [5.74, 6) is 6.24. The van der Waals surface area contributed by atoms with Crippen molar-refractivity contribution in [2.45, 2.75) is 6.42 Å². The highest BCUT2D eigenvalue weighted by Crippen LogP contribution is 2.22. The van der Waals surface area contributed by atoms with Crippen LogP contribution in [-0.2, 0) is 0 Å². The van der Waals surface area contributed by atoms with Crippen LogP contribution in [0.15, 0.2) is 23.3 Å². The Balaban J connectivity index is 2.69. The second-order valence-corrected chi connectivity index (χ2v) is 2.89. The predicted molar refractivity (Wildman–Crippen MR) is 60.2 cm³/mol. The molecule has 1 aromatic rings. The van der Waals surface area contributed by atoms with Crippen molar-refractivity contribution in [1.29, 1.82) is 0 Å². The fraction of sp³-hybridized carbons (Fsp3) is 0.273. The van der Waals surface area contributed by atoms with Crippen LogP contribution in [0.3, 0.4) is 0 Å². The van der Waals surface area contributed by atoms with Gasteiger partial charge in [0, 0.05) is 23.9 Å². The van der Waals surface area contributed by atoms with E-state index in [9.17, 15) is 5.11 Å². The summed E-state index contributed by atoms with van der Waals surface area (Å²) in [5.41, 5.74) is 8.57. The molecule has 0 unspecified atom stereocenters. The van der Waals surface area contributed by atoms with Crippen molar-refractivity contribution in [1.82, 2.24) is 0 Å². The van der Waals surface area contributed by atoms with E-state index in [0.717, 1.165) is 0 Å². The molecule has 0 aliphatic rings. The second-order valence-electron chi connectivity index (χ2n) is 2.89. The van der Waals surface area contributed by atoms with Gasteiger partial charge in [0.05, 0.1) is 12.7 Å². The maximum Gasteiger partial charge on any atom is 0.134 e. The summed E-state index contributed by atoms with van der Waals surface area (Å²) in [6.07, 6.45) is 0.468. The van der Waals surface area contributed by atoms with Crippen LogP contribution in [0.4, 0.5) is 0 Å². The van der Waals surface area contributed by atoms with Gasteiger partial charge >= 0.3 is 0 Å². The lowest BCUT2D eigenvalue weighted by Gasteiger charge is -2.01. The van der Waals surface area contributed by atoms with Crippen LogP contribution in [0.2, 0.25) is 0 Å². The zero-order chi connectivity index (χ0) is 11.8. The molecule has 0 aromatic heterocycles. The molecule has 0 saturated heterocycles. The molecular weight excluding hydrogens is 206 g/mol. The van der Waals surface area contributed by atoms with Gasteiger partial charge in [0.15, 0.2) is 0 Å². The van der Waals surface area contributed by atoms with Gasteiger partial charge in [-0.2, -0.15) is 0 Å². The van der Waals surface area contributed by atoms with Crippen molar-refractivity contribution in [3.63, 3.8) is 0 Å². The standard InChI is InChI=1S/C11H11N3O2/c1-16-10-6-5-9(11(15)8-10)4-2-3-7-13-14-12/h5-6,8,15H,3,7H2,1H3. The van der Waals surface area contributed by atoms with E-state index in [1.54, 1.807) is 12.1 Å². The normalized spacial score (nSPS) is 8.56. The number of rotatable bonds is 3. The van der Waals surface area contributed by atoms with Crippen molar-refractivity contribution >= 4 is 0 Å². The van der Waals surface area contributed by atoms with E-state index in [0.29, 0.717) is 24.3 Å². The Labute approximate surface area is 93.3 Å². The average Bonchev–Trinajstić information content (AvgIpc) is 2.30. The summed E-state index contributed by atoms with van der Waals surface area (Å²) in [4.78, 5) is 2.61. The lowest BCUT2D eigenvalue weighted by Crippen LogP contribution is -1.83. The smallest absolute Gasteiger partial charge is 0.134 e. The Kier molecular flexibility index (Phi) is 4.58. The van der Waals surface area contributed by atoms with Gasteiger partial charge in [0.1, 0.15) is 11.5 Å². The van der Waals surface area contributed by atoms with E-state index in [4.69, 9.17) is 10.3 Å². The molecular formula is C11H11N3O2. The van der Waals surface area contributed by atoms with Crippen LogP contribution in [0.1, 0.15) is 12.0 Å². The second kappa shape index (κ2) is 6.23. The summed E-state index contributed by atoms with van der Waals surface area (Å²) in [7, 11) is 1.53. The van der Waals surface area contributed by atoms with Gasteiger partial charge in [-0.15, -0.1) is 0 Å². The molecule has 0 radical (unpaired) electrons. The van der Waals surface area contributed by atoms with Crippen LogP contribution >= 0.6 is 0 Å². The van der Waals surface area contributed by atoms with E-state index in [1.165, 1.54) is 13.2 Å². The Hall–Kier alpha value is -2.31. The Morgan fingerprint density at radius 1 is 1.56 bits per heavy atom. The minimum absolute atomic E-state index is 0.0793. The molecule has 0 bridgehead atoms. The highest BCUT2D eigenvalue weighted by atomic mass is 16.5. The van der Waals surface area contributed by atoms with Crippen LogP contribution < -0.4 is 4.74 Å². The molecule has 0 spiro atoms. The number of phenols is 1. The first-order valence-corrected chi connectivity index (χ1v) is 4.64. The zero-order valence-corrected chi connectivity index (χ0v) is 8.84. The van der Waals surface area contributed by atoms with Gasteiger partial charge in [-0.25, -0.2) is 0 Å². The van der Waals surface area contributed by atoms with Gasteiger partial charge in [-0.05, 0) is 17.7 Å². The van der Waals surface area contributed by atoms with Gasteiger partial charge in [0.2, 0.25) is 0 Å². The van der Waals surface area contributed by atoms with Gasteiger partial charge in [0.25, 0.3) is 0 Å². The first kappa shape index (κ1) is 11.8. The Bertz CT molecular complexity index is 468. The fourth-order valence-corrected chi connectivity index (χ4v) is 1.05. The molecule has 1 N–H and O–H groups in total. The van der Waals surface area contributed by atoms with E-state index in [1.807, 2.05) is 0 Å². The lowest BCUT2D eigenvalue weighted by molar-refractivity contribution is 0.407. The number of hydrogen-bond acceptors (Lipinski definition) is 3. The molecule has 0 heterocycles. The minimum atomic E-state index is 0.0793. The van der Waals surface area contributed by atoms with Crippen molar-refractivity contribution in [3.05, 3.63) is 34.2 Å². The largest absolute Gasteiger partial charge is 0.507 e. The maximum atomic E-state index is 9.56. The molecule has 0 aliphatic heterocycles. The first-order valence-electron chi connectivity index (χ1n) is 4.64. The Morgan fingerprint density at radius 2 is 2.38 bits per heavy atom. The summed E-state index contributed by atoms with van der Waals surface area (Å²) >= 11 is 0. The summed E-state index contributed by atoms with van der Waals surface area (Å²) in [6, 6.07) is 4.89. The third-order valence-corrected chi connectivity index (χ3v) is 1.83. The topological polar surface area (TPSA) is 78.2 Å². The van der Waals surface area contributed by atoms with Crippen LogP contribution in [0, 0.1) is 11.8 Å². The number of methoxy groups -OCH3 is 1. The van der Waals surface area contributed by atoms with Gasteiger partial charge < -0.3 is 9.84 Å². The molecule has 0 fully saturated rings. The lowest BCUT2D eigenvalue weighted by atomic mass is 10.2. The monoisotopic (exact) mass is 217 g/mol. The first-order chi connectivity index (χ1) is 7.77. The number of benzene rings is 1. The number of azide groups is 1. The van der Waals surface area contributed by atoms with Crippen molar-refractivity contribution in [2.24, 2.45) is 5.11 Å². The molecule has 1 aromatic carbocycles. The molecule has 82 valence electrons. The van der Waals surface area contributed by atoms with Crippen LogP contribution in [0.25, 0.3) is 10.4 Å². The maximum absolute atomic E-state index is 9.56. The van der Waals surface area contributed by atoms with Gasteiger partial charge in [-0.1, -0.05) is 17.0 Å². The molecule has 0 saturated carbocycles. The highest BCUT2D eigenvalue weighted by Gasteiger charge is 1.99. The van der Waals surface area contributed by atoms with Gasteiger partial charge in [-0.3, -0.25) is 0 Å². The predicted octanol–water partition coefficient (Wildman–Crippen LogP) is 2.45. The summed E-state index contributed by atoms with van der Waals surface area (Å²) < 4.78 is 4.94. The number of ether oxygens (including phenoxy) is 1. The van der Waals surface area contributed by atoms with Crippen molar-refractivity contribution in [3.8, 4) is 23.3 Å².